The van der Waals surface area contributed by atoms with Gasteiger partial charge in [0.1, 0.15) is 10.7 Å². The molecule has 158 valence electrons. The molecule has 0 unspecified atom stereocenters. The van der Waals surface area contributed by atoms with E-state index in [-0.39, 0.29) is 11.5 Å². The van der Waals surface area contributed by atoms with Crippen molar-refractivity contribution in [2.75, 3.05) is 11.1 Å². The van der Waals surface area contributed by atoms with Gasteiger partial charge in [-0.15, -0.1) is 11.3 Å². The van der Waals surface area contributed by atoms with Gasteiger partial charge in [-0.2, -0.15) is 20.5 Å². The summed E-state index contributed by atoms with van der Waals surface area (Å²) in [5.41, 5.74) is 1.67. The van der Waals surface area contributed by atoms with Crippen molar-refractivity contribution in [3.05, 3.63) is 50.9 Å². The molecular weight excluding hydrogens is 448 g/mol. The van der Waals surface area contributed by atoms with Crippen molar-refractivity contribution >= 4 is 56.7 Å². The Bertz CT molecular complexity index is 1110. The van der Waals surface area contributed by atoms with Crippen LogP contribution in [0.3, 0.4) is 0 Å². The van der Waals surface area contributed by atoms with Crippen LogP contribution in [0.25, 0.3) is 10.2 Å². The quantitative estimate of drug-likeness (QED) is 0.358. The highest BCUT2D eigenvalue weighted by atomic mass is 32.2. The van der Waals surface area contributed by atoms with Gasteiger partial charge in [-0.3, -0.25) is 9.59 Å². The van der Waals surface area contributed by atoms with E-state index in [0.717, 1.165) is 29.5 Å². The molecule has 2 heterocycles. The third kappa shape index (κ3) is 5.04. The minimum Gasteiger partial charge on any atom is -0.326 e. The zero-order valence-electron chi connectivity index (χ0n) is 15.9. The lowest BCUT2D eigenvalue weighted by Crippen LogP contribution is -2.13. The molecule has 1 aromatic carbocycles. The smallest absolute Gasteiger partial charge is 0.288 e. The first-order chi connectivity index (χ1) is 14.5. The van der Waals surface area contributed by atoms with Crippen molar-refractivity contribution in [3.63, 3.8) is 0 Å². The number of thioether (sulfide) groups is 2. The largest absolute Gasteiger partial charge is 0.326 e. The molecular formula is C20H19F2N3O2S3. The molecule has 5 nitrogen and oxygen atoms in total. The highest BCUT2D eigenvalue weighted by Gasteiger charge is 2.21. The third-order valence-electron chi connectivity index (χ3n) is 4.70. The summed E-state index contributed by atoms with van der Waals surface area (Å²) in [7, 11) is 0. The summed E-state index contributed by atoms with van der Waals surface area (Å²) in [4.78, 5) is 34.5. The third-order valence-corrected chi connectivity index (χ3v) is 7.58. The van der Waals surface area contributed by atoms with Gasteiger partial charge in [0.25, 0.3) is 11.3 Å². The fourth-order valence-corrected chi connectivity index (χ4v) is 5.98. The Morgan fingerprint density at radius 3 is 2.83 bits per heavy atom. The number of aryl methyl sites for hydroxylation is 2. The molecule has 2 N–H and O–H groups in total. The lowest BCUT2D eigenvalue weighted by Gasteiger charge is -2.06. The van der Waals surface area contributed by atoms with Gasteiger partial charge in [0.15, 0.2) is 0 Å². The number of rotatable bonds is 8. The van der Waals surface area contributed by atoms with Crippen molar-refractivity contribution < 1.29 is 13.6 Å². The van der Waals surface area contributed by atoms with Crippen molar-refractivity contribution in [1.29, 1.82) is 0 Å². The zero-order valence-corrected chi connectivity index (χ0v) is 18.3. The van der Waals surface area contributed by atoms with Crippen LogP contribution < -0.4 is 10.9 Å². The number of alkyl halides is 2. The van der Waals surface area contributed by atoms with E-state index >= 15 is 0 Å². The topological polar surface area (TPSA) is 74.8 Å². The van der Waals surface area contributed by atoms with Crippen LogP contribution in [0.5, 0.6) is 0 Å². The number of benzene rings is 1. The van der Waals surface area contributed by atoms with E-state index in [1.165, 1.54) is 22.2 Å². The highest BCUT2D eigenvalue weighted by Crippen LogP contribution is 2.34. The molecule has 0 radical (unpaired) electrons. The molecule has 1 aliphatic rings. The van der Waals surface area contributed by atoms with Gasteiger partial charge in [-0.05, 0) is 49.1 Å². The molecule has 0 bridgehead atoms. The van der Waals surface area contributed by atoms with E-state index in [2.05, 4.69) is 15.3 Å². The van der Waals surface area contributed by atoms with Gasteiger partial charge < -0.3 is 10.3 Å². The number of thiophene rings is 1. The number of hydrogen-bond acceptors (Lipinski definition) is 6. The van der Waals surface area contributed by atoms with Crippen LogP contribution in [0.2, 0.25) is 0 Å². The van der Waals surface area contributed by atoms with Crippen LogP contribution in [0.4, 0.5) is 14.5 Å². The number of amides is 1. The SMILES string of the molecule is O=C(CCSCc1nc2sc3c(c2c(=O)[nH]1)CCC3)Nc1ccc(SC(F)F)cc1. The van der Waals surface area contributed by atoms with Crippen LogP contribution in [-0.4, -0.2) is 27.4 Å². The number of aromatic amines is 1. The van der Waals surface area contributed by atoms with Gasteiger partial charge in [0.2, 0.25) is 5.91 Å². The Kier molecular flexibility index (Phi) is 6.74. The molecule has 2 aromatic heterocycles. The number of aromatic nitrogens is 2. The normalized spacial score (nSPS) is 13.2. The summed E-state index contributed by atoms with van der Waals surface area (Å²) < 4.78 is 24.7. The maximum Gasteiger partial charge on any atom is 0.288 e. The van der Waals surface area contributed by atoms with E-state index in [4.69, 9.17) is 0 Å². The van der Waals surface area contributed by atoms with Crippen molar-refractivity contribution in [3.8, 4) is 0 Å². The maximum absolute atomic E-state index is 12.4. The van der Waals surface area contributed by atoms with E-state index in [0.29, 0.717) is 46.1 Å². The first-order valence-electron chi connectivity index (χ1n) is 9.45. The minimum atomic E-state index is -2.46. The maximum atomic E-state index is 12.4. The molecule has 0 saturated carbocycles. The molecule has 0 aliphatic heterocycles. The first-order valence-corrected chi connectivity index (χ1v) is 12.3. The second kappa shape index (κ2) is 9.49. The number of carbonyl (C=O) groups excluding carboxylic acids is 1. The van der Waals surface area contributed by atoms with Crippen molar-refractivity contribution in [2.24, 2.45) is 0 Å². The number of nitrogens with zero attached hydrogens (tertiary/aromatic N) is 1. The summed E-state index contributed by atoms with van der Waals surface area (Å²) >= 11 is 3.61. The Morgan fingerprint density at radius 1 is 1.27 bits per heavy atom. The predicted molar refractivity (Wildman–Crippen MR) is 120 cm³/mol. The van der Waals surface area contributed by atoms with Crippen LogP contribution in [-0.2, 0) is 23.4 Å². The Hall–Kier alpha value is -1.91. The molecule has 1 amide bonds. The van der Waals surface area contributed by atoms with Gasteiger partial charge >= 0.3 is 0 Å². The van der Waals surface area contributed by atoms with E-state index in [1.54, 1.807) is 35.6 Å². The molecule has 10 heteroatoms. The van der Waals surface area contributed by atoms with Gasteiger partial charge in [-0.1, -0.05) is 11.8 Å². The molecule has 0 fully saturated rings. The van der Waals surface area contributed by atoms with Crippen molar-refractivity contribution in [2.45, 2.75) is 42.1 Å². The second-order valence-electron chi connectivity index (χ2n) is 6.80. The molecule has 1 aliphatic carbocycles. The highest BCUT2D eigenvalue weighted by molar-refractivity contribution is 7.99. The Balaban J connectivity index is 1.26. The Labute approximate surface area is 184 Å². The number of anilines is 1. The minimum absolute atomic E-state index is 0.0683. The van der Waals surface area contributed by atoms with Crippen LogP contribution in [0, 0.1) is 0 Å². The number of hydrogen-bond donors (Lipinski definition) is 2. The van der Waals surface area contributed by atoms with E-state index in [9.17, 15) is 18.4 Å². The zero-order chi connectivity index (χ0) is 21.1. The molecule has 0 spiro atoms. The monoisotopic (exact) mass is 467 g/mol. The summed E-state index contributed by atoms with van der Waals surface area (Å²) in [6.07, 6.45) is 3.40. The molecule has 30 heavy (non-hydrogen) atoms. The summed E-state index contributed by atoms with van der Waals surface area (Å²) in [6, 6.07) is 6.33. The van der Waals surface area contributed by atoms with Gasteiger partial charge in [0.05, 0.1) is 11.1 Å². The van der Waals surface area contributed by atoms with Gasteiger partial charge in [-0.25, -0.2) is 4.98 Å². The fraction of sp³-hybridized carbons (Fsp3) is 0.350. The van der Waals surface area contributed by atoms with Crippen LogP contribution >= 0.6 is 34.9 Å². The summed E-state index contributed by atoms with van der Waals surface area (Å²) in [5, 5.41) is 3.50. The lowest BCUT2D eigenvalue weighted by molar-refractivity contribution is -0.115. The first kappa shape index (κ1) is 21.3. The van der Waals surface area contributed by atoms with Gasteiger partial charge in [0, 0.05) is 27.6 Å². The molecule has 3 aromatic rings. The summed E-state index contributed by atoms with van der Waals surface area (Å²) in [6.45, 7) is 0. The van der Waals surface area contributed by atoms with Crippen molar-refractivity contribution in [1.82, 2.24) is 9.97 Å². The van der Waals surface area contributed by atoms with Crippen LogP contribution in [0.15, 0.2) is 34.0 Å². The summed E-state index contributed by atoms with van der Waals surface area (Å²) in [5.74, 6) is -0.879. The van der Waals surface area contributed by atoms with E-state index < -0.39 is 5.76 Å². The number of H-pyrrole nitrogens is 1. The molecule has 4 rings (SSSR count). The lowest BCUT2D eigenvalue weighted by atomic mass is 10.2. The average Bonchev–Trinajstić information content (AvgIpc) is 3.27. The molecule has 0 saturated heterocycles. The fourth-order valence-electron chi connectivity index (χ4n) is 3.39. The second-order valence-corrected chi connectivity index (χ2v) is 10.1. The molecule has 0 atom stereocenters. The predicted octanol–water partition coefficient (Wildman–Crippen LogP) is 5.05. The van der Waals surface area contributed by atoms with Crippen LogP contribution in [0.1, 0.15) is 29.1 Å². The Morgan fingerprint density at radius 2 is 2.07 bits per heavy atom. The number of carbonyl (C=O) groups is 1. The number of halogens is 2. The number of nitrogens with one attached hydrogen (secondary N) is 2. The standard InChI is InChI=1S/C20H19F2N3O2S3/c21-20(22)29-12-6-4-11(5-7-12)23-16(26)8-9-28-10-15-24-18(27)17-13-2-1-3-14(13)30-19(17)25-15/h4-7,20H,1-3,8-10H2,(H,23,26)(H,24,25,27). The average molecular weight is 468 g/mol. The van der Waals surface area contributed by atoms with E-state index in [1.807, 2.05) is 0 Å². The number of fused-ring (bicyclic) bond motifs is 3.